The van der Waals surface area contributed by atoms with Crippen LogP contribution >= 0.6 is 0 Å². The molecule has 1 aromatic rings. The topological polar surface area (TPSA) is 76.0 Å². The van der Waals surface area contributed by atoms with Crippen LogP contribution in [0.25, 0.3) is 0 Å². The molecule has 6 heteroatoms. The average molecular weight is 292 g/mol. The van der Waals surface area contributed by atoms with Gasteiger partial charge in [0.1, 0.15) is 6.54 Å². The molecule has 0 radical (unpaired) electrons. The standard InChI is InChI=1S/C15H24N4O2/c1-2-16-13-9-15(21)19(17-10-13)11-14(20)18-12-7-5-3-4-6-8-12/h9-10,12,16H,2-8,11H2,1H3,(H,18,20). The first-order valence-corrected chi connectivity index (χ1v) is 7.79. The summed E-state index contributed by atoms with van der Waals surface area (Å²) in [6.07, 6.45) is 8.48. The number of anilines is 1. The Bertz CT molecular complexity index is 519. The highest BCUT2D eigenvalue weighted by Gasteiger charge is 2.15. The van der Waals surface area contributed by atoms with Gasteiger partial charge < -0.3 is 10.6 Å². The summed E-state index contributed by atoms with van der Waals surface area (Å²) in [5.41, 5.74) is 0.424. The third-order valence-corrected chi connectivity index (χ3v) is 3.76. The number of nitrogens with one attached hydrogen (secondary N) is 2. The molecule has 1 aliphatic carbocycles. The fraction of sp³-hybridized carbons (Fsp3) is 0.667. The predicted molar refractivity (Wildman–Crippen MR) is 82.3 cm³/mol. The molecule has 1 fully saturated rings. The number of rotatable bonds is 5. The van der Waals surface area contributed by atoms with Crippen LogP contribution in [0.1, 0.15) is 45.4 Å². The minimum Gasteiger partial charge on any atom is -0.384 e. The first-order valence-electron chi connectivity index (χ1n) is 7.79. The highest BCUT2D eigenvalue weighted by molar-refractivity contribution is 5.75. The molecule has 1 aliphatic rings. The average Bonchev–Trinajstić information content (AvgIpc) is 2.71. The van der Waals surface area contributed by atoms with E-state index >= 15 is 0 Å². The summed E-state index contributed by atoms with van der Waals surface area (Å²) in [6, 6.07) is 1.71. The van der Waals surface area contributed by atoms with Crippen LogP contribution in [-0.4, -0.2) is 28.3 Å². The molecule has 0 bridgehead atoms. The van der Waals surface area contributed by atoms with Crippen molar-refractivity contribution in [1.82, 2.24) is 15.1 Å². The normalized spacial score (nSPS) is 16.2. The van der Waals surface area contributed by atoms with Gasteiger partial charge in [-0.15, -0.1) is 0 Å². The Morgan fingerprint density at radius 3 is 2.67 bits per heavy atom. The molecule has 1 amide bonds. The largest absolute Gasteiger partial charge is 0.384 e. The Hall–Kier alpha value is -1.85. The minimum atomic E-state index is -0.260. The molecule has 2 N–H and O–H groups in total. The molecule has 1 heterocycles. The molecule has 0 aliphatic heterocycles. The van der Waals surface area contributed by atoms with Crippen molar-refractivity contribution in [2.45, 2.75) is 58.0 Å². The summed E-state index contributed by atoms with van der Waals surface area (Å²) < 4.78 is 1.20. The molecule has 0 atom stereocenters. The maximum atomic E-state index is 12.0. The van der Waals surface area contributed by atoms with E-state index in [-0.39, 0.29) is 24.1 Å². The lowest BCUT2D eigenvalue weighted by Gasteiger charge is -2.16. The molecule has 6 nitrogen and oxygen atoms in total. The number of carbonyl (C=O) groups excluding carboxylic acids is 1. The molecule has 116 valence electrons. The lowest BCUT2D eigenvalue weighted by atomic mass is 10.1. The highest BCUT2D eigenvalue weighted by Crippen LogP contribution is 2.17. The first-order chi connectivity index (χ1) is 10.2. The van der Waals surface area contributed by atoms with Crippen LogP contribution in [0, 0.1) is 0 Å². The van der Waals surface area contributed by atoms with Gasteiger partial charge in [-0.3, -0.25) is 9.59 Å². The van der Waals surface area contributed by atoms with Gasteiger partial charge in [-0.1, -0.05) is 25.7 Å². The van der Waals surface area contributed by atoms with Crippen LogP contribution in [0.4, 0.5) is 5.69 Å². The smallest absolute Gasteiger partial charge is 0.269 e. The van der Waals surface area contributed by atoms with Gasteiger partial charge in [0.05, 0.1) is 11.9 Å². The highest BCUT2D eigenvalue weighted by atomic mass is 16.2. The zero-order valence-corrected chi connectivity index (χ0v) is 12.6. The monoisotopic (exact) mass is 292 g/mol. The second kappa shape index (κ2) is 7.81. The van der Waals surface area contributed by atoms with E-state index in [0.29, 0.717) is 5.69 Å². The lowest BCUT2D eigenvalue weighted by molar-refractivity contribution is -0.122. The van der Waals surface area contributed by atoms with Gasteiger partial charge in [0, 0.05) is 18.7 Å². The summed E-state index contributed by atoms with van der Waals surface area (Å²) in [4.78, 5) is 23.9. The number of hydrogen-bond acceptors (Lipinski definition) is 4. The van der Waals surface area contributed by atoms with Gasteiger partial charge >= 0.3 is 0 Å². The zero-order chi connectivity index (χ0) is 15.1. The van der Waals surface area contributed by atoms with Gasteiger partial charge in [0.15, 0.2) is 0 Å². The lowest BCUT2D eigenvalue weighted by Crippen LogP contribution is -2.39. The fourth-order valence-corrected chi connectivity index (χ4v) is 2.69. The molecule has 1 saturated carbocycles. The van der Waals surface area contributed by atoms with Crippen LogP contribution in [0.2, 0.25) is 0 Å². The van der Waals surface area contributed by atoms with Crippen molar-refractivity contribution >= 4 is 11.6 Å². The fourth-order valence-electron chi connectivity index (χ4n) is 2.69. The van der Waals surface area contributed by atoms with Crippen molar-refractivity contribution in [2.75, 3.05) is 11.9 Å². The van der Waals surface area contributed by atoms with Crippen molar-refractivity contribution in [3.05, 3.63) is 22.6 Å². The number of nitrogens with zero attached hydrogens (tertiary/aromatic N) is 2. The summed E-state index contributed by atoms with van der Waals surface area (Å²) in [5, 5.41) is 10.1. The van der Waals surface area contributed by atoms with E-state index in [0.717, 1.165) is 19.4 Å². The molecule has 21 heavy (non-hydrogen) atoms. The zero-order valence-electron chi connectivity index (χ0n) is 12.6. The van der Waals surface area contributed by atoms with E-state index in [2.05, 4.69) is 15.7 Å². The molecule has 0 unspecified atom stereocenters. The molecule has 0 aromatic carbocycles. The van der Waals surface area contributed by atoms with Gasteiger partial charge in [-0.2, -0.15) is 5.10 Å². The quantitative estimate of drug-likeness (QED) is 0.807. The maximum absolute atomic E-state index is 12.0. The molecular formula is C15H24N4O2. The van der Waals surface area contributed by atoms with E-state index in [1.165, 1.54) is 36.4 Å². The second-order valence-electron chi connectivity index (χ2n) is 5.53. The van der Waals surface area contributed by atoms with Crippen LogP contribution in [0.5, 0.6) is 0 Å². The Balaban J connectivity index is 1.91. The van der Waals surface area contributed by atoms with E-state index < -0.39 is 0 Å². The third-order valence-electron chi connectivity index (χ3n) is 3.76. The molecule has 2 rings (SSSR count). The van der Waals surface area contributed by atoms with Crippen LogP contribution in [0.3, 0.4) is 0 Å². The van der Waals surface area contributed by atoms with Crippen molar-refractivity contribution in [3.63, 3.8) is 0 Å². The Kier molecular flexibility index (Phi) is 5.78. The number of aromatic nitrogens is 2. The van der Waals surface area contributed by atoms with Crippen LogP contribution in [-0.2, 0) is 11.3 Å². The van der Waals surface area contributed by atoms with Gasteiger partial charge in [-0.25, -0.2) is 4.68 Å². The Labute approximate surface area is 124 Å². The van der Waals surface area contributed by atoms with E-state index in [4.69, 9.17) is 0 Å². The maximum Gasteiger partial charge on any atom is 0.269 e. The van der Waals surface area contributed by atoms with E-state index in [1.54, 1.807) is 6.20 Å². The van der Waals surface area contributed by atoms with E-state index in [1.807, 2.05) is 6.92 Å². The van der Waals surface area contributed by atoms with E-state index in [9.17, 15) is 9.59 Å². The SMILES string of the molecule is CCNc1cnn(CC(=O)NC2CCCCCC2)c(=O)c1. The Morgan fingerprint density at radius 1 is 1.33 bits per heavy atom. The van der Waals surface area contributed by atoms with Gasteiger partial charge in [-0.05, 0) is 19.8 Å². The first kappa shape index (κ1) is 15.5. The predicted octanol–water partition coefficient (Wildman–Crippen LogP) is 1.51. The van der Waals surface area contributed by atoms with Crippen LogP contribution in [0.15, 0.2) is 17.1 Å². The van der Waals surface area contributed by atoms with Crippen molar-refractivity contribution in [3.8, 4) is 0 Å². The van der Waals surface area contributed by atoms with Gasteiger partial charge in [0.25, 0.3) is 5.56 Å². The number of hydrogen-bond donors (Lipinski definition) is 2. The summed E-state index contributed by atoms with van der Waals surface area (Å²) in [6.45, 7) is 2.67. The third kappa shape index (κ3) is 4.88. The van der Waals surface area contributed by atoms with Crippen molar-refractivity contribution in [2.24, 2.45) is 0 Å². The summed E-state index contributed by atoms with van der Waals surface area (Å²) in [5.74, 6) is -0.132. The molecular weight excluding hydrogens is 268 g/mol. The molecule has 0 saturated heterocycles. The molecule has 0 spiro atoms. The number of carbonyl (C=O) groups is 1. The van der Waals surface area contributed by atoms with Crippen LogP contribution < -0.4 is 16.2 Å². The van der Waals surface area contributed by atoms with Crippen molar-refractivity contribution in [1.29, 1.82) is 0 Å². The summed E-state index contributed by atoms with van der Waals surface area (Å²) >= 11 is 0. The second-order valence-corrected chi connectivity index (χ2v) is 5.53. The minimum absolute atomic E-state index is 0.0122. The van der Waals surface area contributed by atoms with Gasteiger partial charge in [0.2, 0.25) is 5.91 Å². The Morgan fingerprint density at radius 2 is 2.05 bits per heavy atom. The summed E-state index contributed by atoms with van der Waals surface area (Å²) in [7, 11) is 0. The molecule has 1 aromatic heterocycles. The number of amides is 1. The van der Waals surface area contributed by atoms with Crippen molar-refractivity contribution < 1.29 is 4.79 Å².